The van der Waals surface area contributed by atoms with Gasteiger partial charge in [-0.05, 0) is 36.8 Å². The van der Waals surface area contributed by atoms with E-state index < -0.39 is 0 Å². The number of hydrogen-bond acceptors (Lipinski definition) is 5. The van der Waals surface area contributed by atoms with Crippen LogP contribution in [0.2, 0.25) is 0 Å². The van der Waals surface area contributed by atoms with Crippen LogP contribution in [0.25, 0.3) is 10.9 Å². The molecule has 0 N–H and O–H groups in total. The van der Waals surface area contributed by atoms with Crippen LogP contribution in [0.5, 0.6) is 0 Å². The van der Waals surface area contributed by atoms with Crippen molar-refractivity contribution in [2.45, 2.75) is 6.42 Å². The molecule has 1 aliphatic rings. The van der Waals surface area contributed by atoms with Gasteiger partial charge in [0.2, 0.25) is 5.95 Å². The third kappa shape index (κ3) is 3.06. The van der Waals surface area contributed by atoms with Crippen molar-refractivity contribution in [3.8, 4) is 0 Å². The summed E-state index contributed by atoms with van der Waals surface area (Å²) < 4.78 is 1.06. The van der Waals surface area contributed by atoms with Crippen LogP contribution in [0.3, 0.4) is 0 Å². The van der Waals surface area contributed by atoms with Gasteiger partial charge in [0.15, 0.2) is 0 Å². The summed E-state index contributed by atoms with van der Waals surface area (Å²) in [7, 11) is 0. The minimum Gasteiger partial charge on any atom is -0.369 e. The third-order valence-electron chi connectivity index (χ3n) is 4.35. The van der Waals surface area contributed by atoms with Gasteiger partial charge in [-0.25, -0.2) is 9.97 Å². The molecule has 6 heteroatoms. The topological polar surface area (TPSA) is 45.2 Å². The minimum atomic E-state index is 0.822. The zero-order valence-electron chi connectivity index (χ0n) is 13.3. The number of rotatable bonds is 2. The second-order valence-corrected chi connectivity index (χ2v) is 6.78. The molecule has 1 saturated heterocycles. The highest BCUT2D eigenvalue weighted by molar-refractivity contribution is 9.10. The number of benzene rings is 1. The van der Waals surface area contributed by atoms with Crippen LogP contribution in [0.4, 0.5) is 11.6 Å². The molecule has 3 heterocycles. The summed E-state index contributed by atoms with van der Waals surface area (Å²) in [6.45, 7) is 3.88. The van der Waals surface area contributed by atoms with Crippen LogP contribution in [0, 0.1) is 0 Å². The Hall–Kier alpha value is -2.21. The molecule has 0 unspecified atom stereocenters. The first-order chi connectivity index (χ1) is 11.8. The Kier molecular flexibility index (Phi) is 4.30. The van der Waals surface area contributed by atoms with Crippen LogP contribution in [-0.2, 0) is 0 Å². The maximum atomic E-state index is 4.50. The largest absolute Gasteiger partial charge is 0.369 e. The maximum Gasteiger partial charge on any atom is 0.225 e. The molecule has 0 atom stereocenters. The van der Waals surface area contributed by atoms with Gasteiger partial charge in [-0.1, -0.05) is 15.9 Å². The molecule has 3 aromatic rings. The Balaban J connectivity index is 1.60. The first kappa shape index (κ1) is 15.3. The number of hydrogen-bond donors (Lipinski definition) is 0. The summed E-state index contributed by atoms with van der Waals surface area (Å²) in [6, 6.07) is 10.3. The maximum absolute atomic E-state index is 4.50. The average Bonchev–Trinajstić information content (AvgIpc) is 2.88. The van der Waals surface area contributed by atoms with Crippen molar-refractivity contribution < 1.29 is 0 Å². The van der Waals surface area contributed by atoms with Gasteiger partial charge < -0.3 is 9.80 Å². The van der Waals surface area contributed by atoms with Gasteiger partial charge in [0, 0.05) is 60.3 Å². The molecule has 0 bridgehead atoms. The molecular formula is C18H18BrN5. The van der Waals surface area contributed by atoms with Crippen molar-refractivity contribution in [1.82, 2.24) is 15.0 Å². The van der Waals surface area contributed by atoms with Crippen molar-refractivity contribution in [3.05, 3.63) is 53.4 Å². The van der Waals surface area contributed by atoms with E-state index in [9.17, 15) is 0 Å². The Morgan fingerprint density at radius 3 is 2.50 bits per heavy atom. The first-order valence-electron chi connectivity index (χ1n) is 8.12. The van der Waals surface area contributed by atoms with Crippen LogP contribution in [0.1, 0.15) is 6.42 Å². The van der Waals surface area contributed by atoms with Crippen molar-refractivity contribution in [1.29, 1.82) is 0 Å². The van der Waals surface area contributed by atoms with Gasteiger partial charge in [-0.15, -0.1) is 0 Å². The van der Waals surface area contributed by atoms with E-state index in [0.29, 0.717) is 0 Å². The van der Waals surface area contributed by atoms with Gasteiger partial charge in [0.05, 0.1) is 5.52 Å². The molecule has 1 aliphatic heterocycles. The Morgan fingerprint density at radius 2 is 1.62 bits per heavy atom. The predicted molar refractivity (Wildman–Crippen MR) is 101 cm³/mol. The fourth-order valence-electron chi connectivity index (χ4n) is 3.19. The fraction of sp³-hybridized carbons (Fsp3) is 0.278. The normalized spacial score (nSPS) is 15.5. The van der Waals surface area contributed by atoms with E-state index in [1.807, 2.05) is 12.3 Å². The first-order valence-corrected chi connectivity index (χ1v) is 8.92. The molecular weight excluding hydrogens is 366 g/mol. The van der Waals surface area contributed by atoms with E-state index in [0.717, 1.165) is 48.5 Å². The second kappa shape index (κ2) is 6.73. The highest BCUT2D eigenvalue weighted by Gasteiger charge is 2.18. The van der Waals surface area contributed by atoms with Crippen molar-refractivity contribution in [2.75, 3.05) is 36.0 Å². The minimum absolute atomic E-state index is 0.822. The monoisotopic (exact) mass is 383 g/mol. The molecule has 5 nitrogen and oxygen atoms in total. The highest BCUT2D eigenvalue weighted by atomic mass is 79.9. The summed E-state index contributed by atoms with van der Waals surface area (Å²) in [5.74, 6) is 0.822. The Morgan fingerprint density at radius 1 is 0.833 bits per heavy atom. The molecule has 2 aromatic heterocycles. The lowest BCUT2D eigenvalue weighted by molar-refractivity contribution is 0.782. The van der Waals surface area contributed by atoms with Crippen LogP contribution in [0.15, 0.2) is 53.4 Å². The molecule has 0 aliphatic carbocycles. The van der Waals surface area contributed by atoms with Gasteiger partial charge in [-0.3, -0.25) is 4.98 Å². The van der Waals surface area contributed by atoms with E-state index >= 15 is 0 Å². The summed E-state index contributed by atoms with van der Waals surface area (Å²) in [5.41, 5.74) is 2.28. The SMILES string of the molecule is Brc1ccc2c(N3CCCN(c4ncccn4)CC3)ccnc2c1. The molecule has 0 amide bonds. The van der Waals surface area contributed by atoms with Crippen LogP contribution >= 0.6 is 15.9 Å². The lowest BCUT2D eigenvalue weighted by atomic mass is 10.1. The number of aromatic nitrogens is 3. The van der Waals surface area contributed by atoms with Crippen LogP contribution in [-0.4, -0.2) is 41.1 Å². The quantitative estimate of drug-likeness (QED) is 0.677. The Bertz CT molecular complexity index is 839. The lowest BCUT2D eigenvalue weighted by Gasteiger charge is -2.24. The summed E-state index contributed by atoms with van der Waals surface area (Å²) in [5, 5.41) is 1.20. The average molecular weight is 384 g/mol. The van der Waals surface area contributed by atoms with Gasteiger partial charge in [-0.2, -0.15) is 0 Å². The zero-order chi connectivity index (χ0) is 16.4. The smallest absolute Gasteiger partial charge is 0.225 e. The van der Waals surface area contributed by atoms with Crippen molar-refractivity contribution in [2.24, 2.45) is 0 Å². The van der Waals surface area contributed by atoms with Crippen molar-refractivity contribution >= 4 is 38.5 Å². The molecule has 0 spiro atoms. The second-order valence-electron chi connectivity index (χ2n) is 5.87. The van der Waals surface area contributed by atoms with Crippen LogP contribution < -0.4 is 9.80 Å². The highest BCUT2D eigenvalue weighted by Crippen LogP contribution is 2.28. The number of anilines is 2. The molecule has 0 radical (unpaired) electrons. The summed E-state index contributed by atoms with van der Waals surface area (Å²) in [4.78, 5) is 18.0. The Labute approximate surface area is 149 Å². The zero-order valence-corrected chi connectivity index (χ0v) is 14.9. The number of pyridine rings is 1. The van der Waals surface area contributed by atoms with E-state index in [-0.39, 0.29) is 0 Å². The molecule has 4 rings (SSSR count). The van der Waals surface area contributed by atoms with Gasteiger partial charge in [0.25, 0.3) is 0 Å². The standard InChI is InChI=1S/C18H18BrN5/c19-14-3-4-15-16(13-14)20-8-5-17(15)23-9-2-10-24(12-11-23)18-21-6-1-7-22-18/h1,3-8,13H,2,9-12H2. The summed E-state index contributed by atoms with van der Waals surface area (Å²) >= 11 is 3.53. The number of nitrogens with zero attached hydrogens (tertiary/aromatic N) is 5. The summed E-state index contributed by atoms with van der Waals surface area (Å²) in [6.07, 6.45) is 6.59. The molecule has 122 valence electrons. The number of halogens is 1. The molecule has 1 aromatic carbocycles. The molecule has 24 heavy (non-hydrogen) atoms. The third-order valence-corrected chi connectivity index (χ3v) is 4.85. The van der Waals surface area contributed by atoms with Gasteiger partial charge >= 0.3 is 0 Å². The molecule has 1 fully saturated rings. The van der Waals surface area contributed by atoms with Gasteiger partial charge in [0.1, 0.15) is 0 Å². The molecule has 0 saturated carbocycles. The van der Waals surface area contributed by atoms with E-state index in [1.54, 1.807) is 12.4 Å². The fourth-order valence-corrected chi connectivity index (χ4v) is 3.54. The van der Waals surface area contributed by atoms with E-state index in [4.69, 9.17) is 0 Å². The lowest BCUT2D eigenvalue weighted by Crippen LogP contribution is -2.31. The predicted octanol–water partition coefficient (Wildman–Crippen LogP) is 3.50. The van der Waals surface area contributed by atoms with E-state index in [2.05, 4.69) is 64.9 Å². The van der Waals surface area contributed by atoms with Crippen molar-refractivity contribution in [3.63, 3.8) is 0 Å². The van der Waals surface area contributed by atoms with E-state index in [1.165, 1.54) is 11.1 Å². The number of fused-ring (bicyclic) bond motifs is 1.